The predicted octanol–water partition coefficient (Wildman–Crippen LogP) is 1.52. The molecule has 0 radical (unpaired) electrons. The summed E-state index contributed by atoms with van der Waals surface area (Å²) in [4.78, 5) is 27.5. The molecule has 11 nitrogen and oxygen atoms in total. The van der Waals surface area contributed by atoms with E-state index in [1.165, 1.54) is 29.7 Å². The lowest BCUT2D eigenvalue weighted by atomic mass is 10.2. The number of rotatable bonds is 6. The molecule has 4 aromatic heterocycles. The van der Waals surface area contributed by atoms with Gasteiger partial charge in [0.15, 0.2) is 11.3 Å². The number of carbonyl (C=O) groups excluding carboxylic acids is 1. The van der Waals surface area contributed by atoms with Gasteiger partial charge in [0.05, 0.1) is 37.3 Å². The molecule has 1 aliphatic rings. The van der Waals surface area contributed by atoms with Crippen LogP contribution in [0.25, 0.3) is 11.3 Å². The van der Waals surface area contributed by atoms with Gasteiger partial charge >= 0.3 is 11.9 Å². The highest BCUT2D eigenvalue weighted by atomic mass is 16.5. The van der Waals surface area contributed by atoms with Crippen LogP contribution in [0.3, 0.4) is 0 Å². The minimum atomic E-state index is -1.13. The summed E-state index contributed by atoms with van der Waals surface area (Å²) in [5.74, 6) is -1.09. The summed E-state index contributed by atoms with van der Waals surface area (Å²) in [6.45, 7) is 0.271. The van der Waals surface area contributed by atoms with Crippen LogP contribution in [0.2, 0.25) is 0 Å². The number of nitrogens with zero attached hydrogens (tertiary/aromatic N) is 7. The summed E-state index contributed by atoms with van der Waals surface area (Å²) in [6.07, 6.45) is 10.6. The summed E-state index contributed by atoms with van der Waals surface area (Å²) >= 11 is 0. The van der Waals surface area contributed by atoms with Crippen molar-refractivity contribution >= 4 is 17.6 Å². The van der Waals surface area contributed by atoms with Crippen molar-refractivity contribution in [1.82, 2.24) is 34.2 Å². The van der Waals surface area contributed by atoms with Crippen molar-refractivity contribution < 1.29 is 19.4 Å². The predicted molar refractivity (Wildman–Crippen MR) is 102 cm³/mol. The molecule has 0 spiro atoms. The molecule has 0 aromatic carbocycles. The van der Waals surface area contributed by atoms with Crippen LogP contribution in [-0.2, 0) is 11.3 Å². The minimum absolute atomic E-state index is 0.123. The highest BCUT2D eigenvalue weighted by molar-refractivity contribution is 5.88. The number of pyridine rings is 1. The molecule has 0 saturated heterocycles. The summed E-state index contributed by atoms with van der Waals surface area (Å²) in [6, 6.07) is 2.04. The number of carbonyl (C=O) groups is 2. The van der Waals surface area contributed by atoms with Gasteiger partial charge in [0, 0.05) is 18.6 Å². The van der Waals surface area contributed by atoms with E-state index in [1.54, 1.807) is 10.9 Å². The van der Waals surface area contributed by atoms with Crippen LogP contribution in [0, 0.1) is 0 Å². The molecular formula is C19H17N7O4. The van der Waals surface area contributed by atoms with E-state index in [-0.39, 0.29) is 12.2 Å². The van der Waals surface area contributed by atoms with Gasteiger partial charge in [-0.3, -0.25) is 0 Å². The molecule has 4 aromatic rings. The summed E-state index contributed by atoms with van der Waals surface area (Å²) in [7, 11) is 1.33. The fourth-order valence-electron chi connectivity index (χ4n) is 3.35. The van der Waals surface area contributed by atoms with Gasteiger partial charge in [-0.1, -0.05) is 5.21 Å². The largest absolute Gasteiger partial charge is 0.476 e. The van der Waals surface area contributed by atoms with Gasteiger partial charge in [-0.2, -0.15) is 5.10 Å². The molecule has 30 heavy (non-hydrogen) atoms. The lowest BCUT2D eigenvalue weighted by Gasteiger charge is -2.07. The first-order chi connectivity index (χ1) is 14.5. The van der Waals surface area contributed by atoms with Crippen molar-refractivity contribution in [2.24, 2.45) is 0 Å². The van der Waals surface area contributed by atoms with E-state index in [0.717, 1.165) is 18.5 Å². The smallest absolute Gasteiger partial charge is 0.358 e. The summed E-state index contributed by atoms with van der Waals surface area (Å²) in [5, 5.41) is 20.8. The number of aromatic nitrogens is 7. The van der Waals surface area contributed by atoms with Crippen LogP contribution in [0.1, 0.15) is 50.9 Å². The van der Waals surface area contributed by atoms with Crippen molar-refractivity contribution in [1.29, 1.82) is 0 Å². The number of esters is 1. The van der Waals surface area contributed by atoms with E-state index in [1.807, 2.05) is 22.9 Å². The Morgan fingerprint density at radius 1 is 1.23 bits per heavy atom. The SMILES string of the molecule is COC(=O)c1cnn(-c2cc(C3CC3)cn3cc(Cn4cc(C(=O)O)nn4)nc23)c1. The molecule has 0 atom stereocenters. The molecule has 0 unspecified atom stereocenters. The van der Waals surface area contributed by atoms with E-state index >= 15 is 0 Å². The second-order valence-electron chi connectivity index (χ2n) is 7.17. The van der Waals surface area contributed by atoms with Crippen LogP contribution >= 0.6 is 0 Å². The first kappa shape index (κ1) is 18.0. The molecule has 4 heterocycles. The van der Waals surface area contributed by atoms with Gasteiger partial charge in [0.2, 0.25) is 0 Å². The third kappa shape index (κ3) is 3.19. The van der Waals surface area contributed by atoms with Crippen LogP contribution in [-0.4, -0.2) is 58.3 Å². The van der Waals surface area contributed by atoms with Crippen LogP contribution in [0.5, 0.6) is 0 Å². The molecular weight excluding hydrogens is 390 g/mol. The Morgan fingerprint density at radius 3 is 2.77 bits per heavy atom. The molecule has 152 valence electrons. The van der Waals surface area contributed by atoms with Crippen molar-refractivity contribution in [3.63, 3.8) is 0 Å². The van der Waals surface area contributed by atoms with Gasteiger partial charge in [-0.25, -0.2) is 23.9 Å². The second-order valence-corrected chi connectivity index (χ2v) is 7.17. The van der Waals surface area contributed by atoms with Crippen molar-refractivity contribution in [3.05, 3.63) is 59.6 Å². The summed E-state index contributed by atoms with van der Waals surface area (Å²) in [5.41, 5.74) is 3.49. The lowest BCUT2D eigenvalue weighted by molar-refractivity contribution is 0.0599. The second kappa shape index (κ2) is 6.79. The van der Waals surface area contributed by atoms with E-state index in [9.17, 15) is 9.59 Å². The Hall–Kier alpha value is -4.02. The van der Waals surface area contributed by atoms with Crippen LogP contribution < -0.4 is 0 Å². The fourth-order valence-corrected chi connectivity index (χ4v) is 3.35. The molecule has 0 bridgehead atoms. The molecule has 1 N–H and O–H groups in total. The number of methoxy groups -OCH3 is 1. The molecule has 0 amide bonds. The third-order valence-corrected chi connectivity index (χ3v) is 4.98. The normalized spacial score (nSPS) is 13.6. The van der Waals surface area contributed by atoms with Gasteiger partial charge in [-0.15, -0.1) is 5.10 Å². The molecule has 1 fully saturated rings. The Kier molecular flexibility index (Phi) is 4.09. The van der Waals surface area contributed by atoms with Gasteiger partial charge < -0.3 is 14.2 Å². The highest BCUT2D eigenvalue weighted by Gasteiger charge is 2.26. The Morgan fingerprint density at radius 2 is 2.07 bits per heavy atom. The van der Waals surface area contributed by atoms with Crippen molar-refractivity contribution in [2.75, 3.05) is 7.11 Å². The number of hydrogen-bond acceptors (Lipinski definition) is 7. The first-order valence-electron chi connectivity index (χ1n) is 9.30. The average molecular weight is 407 g/mol. The number of hydrogen-bond donors (Lipinski definition) is 1. The zero-order chi connectivity index (χ0) is 20.8. The fraction of sp³-hybridized carbons (Fsp3) is 0.263. The molecule has 1 aliphatic carbocycles. The minimum Gasteiger partial charge on any atom is -0.476 e. The molecule has 1 saturated carbocycles. The van der Waals surface area contributed by atoms with E-state index in [0.29, 0.717) is 22.8 Å². The Labute approximate surface area is 169 Å². The van der Waals surface area contributed by atoms with Gasteiger partial charge in [0.1, 0.15) is 5.69 Å². The van der Waals surface area contributed by atoms with E-state index in [4.69, 9.17) is 9.84 Å². The van der Waals surface area contributed by atoms with Gasteiger partial charge in [-0.05, 0) is 30.4 Å². The lowest BCUT2D eigenvalue weighted by Crippen LogP contribution is -2.02. The maximum Gasteiger partial charge on any atom is 0.358 e. The van der Waals surface area contributed by atoms with Crippen LogP contribution in [0.15, 0.2) is 37.1 Å². The zero-order valence-electron chi connectivity index (χ0n) is 16.0. The van der Waals surface area contributed by atoms with Gasteiger partial charge in [0.25, 0.3) is 0 Å². The number of ether oxygens (including phenoxy) is 1. The van der Waals surface area contributed by atoms with E-state index in [2.05, 4.69) is 20.4 Å². The standard InChI is InChI=1S/C19H17N7O4/c1-30-19(29)13-5-20-26(7-13)16-4-12(11-2-3-11)6-24-8-14(21-17(16)24)9-25-10-15(18(27)28)22-23-25/h4-8,10-11H,2-3,9H2,1H3,(H,27,28). The van der Waals surface area contributed by atoms with Crippen LogP contribution in [0.4, 0.5) is 0 Å². The summed E-state index contributed by atoms with van der Waals surface area (Å²) < 4.78 is 9.73. The zero-order valence-corrected chi connectivity index (χ0v) is 16.0. The van der Waals surface area contributed by atoms with Crippen molar-refractivity contribution in [3.8, 4) is 5.69 Å². The maximum absolute atomic E-state index is 11.8. The van der Waals surface area contributed by atoms with Crippen molar-refractivity contribution in [2.45, 2.75) is 25.3 Å². The number of imidazole rings is 1. The Balaban J connectivity index is 1.56. The molecule has 11 heteroatoms. The maximum atomic E-state index is 11.8. The number of carboxylic acid groups (broad SMARTS) is 1. The highest BCUT2D eigenvalue weighted by Crippen LogP contribution is 2.41. The third-order valence-electron chi connectivity index (χ3n) is 4.98. The number of fused-ring (bicyclic) bond motifs is 1. The first-order valence-corrected chi connectivity index (χ1v) is 9.30. The molecule has 0 aliphatic heterocycles. The number of carboxylic acids is 1. The number of aromatic carboxylic acids is 1. The average Bonchev–Trinajstić information content (AvgIpc) is 3.13. The topological polar surface area (TPSA) is 129 Å². The Bertz CT molecular complexity index is 1280. The monoisotopic (exact) mass is 407 g/mol. The molecule has 5 rings (SSSR count). The van der Waals surface area contributed by atoms with E-state index < -0.39 is 11.9 Å². The quantitative estimate of drug-likeness (QED) is 0.476.